The lowest BCUT2D eigenvalue weighted by Gasteiger charge is -2.16. The fraction of sp³-hybridized carbons (Fsp3) is 0.500. The summed E-state index contributed by atoms with van der Waals surface area (Å²) in [6.07, 6.45) is -3.43. The Labute approximate surface area is 149 Å². The van der Waals surface area contributed by atoms with E-state index < -0.39 is 58.9 Å². The number of rotatable bonds is 4. The van der Waals surface area contributed by atoms with Crippen LogP contribution in [-0.4, -0.2) is 69.5 Å². The summed E-state index contributed by atoms with van der Waals surface area (Å²) in [6.45, 7) is -0.474. The number of ether oxygens (including phenoxy) is 1. The van der Waals surface area contributed by atoms with Crippen LogP contribution in [0.4, 0.5) is 0 Å². The summed E-state index contributed by atoms with van der Waals surface area (Å²) in [5, 5.41) is 28.7. The number of hydrogen-bond acceptors (Lipinski definition) is 10. The van der Waals surface area contributed by atoms with Gasteiger partial charge in [-0.15, -0.1) is 0 Å². The quantitative estimate of drug-likeness (QED) is 0.237. The van der Waals surface area contributed by atoms with Crippen molar-refractivity contribution in [2.45, 2.75) is 24.5 Å². The zero-order valence-corrected chi connectivity index (χ0v) is 15.2. The van der Waals surface area contributed by atoms with Crippen molar-refractivity contribution in [3.8, 4) is 0 Å². The van der Waals surface area contributed by atoms with Crippen molar-refractivity contribution in [1.82, 2.24) is 19.5 Å². The van der Waals surface area contributed by atoms with Crippen molar-refractivity contribution in [2.75, 3.05) is 6.61 Å². The van der Waals surface area contributed by atoms with E-state index in [2.05, 4.69) is 14.3 Å². The van der Waals surface area contributed by atoms with E-state index in [0.717, 1.165) is 0 Å². The first-order chi connectivity index (χ1) is 12.6. The third kappa shape index (κ3) is 4.99. The molecule has 152 valence electrons. The topological polar surface area (TPSA) is 237 Å². The summed E-state index contributed by atoms with van der Waals surface area (Å²) in [5.41, 5.74) is -1.36. The molecule has 17 heteroatoms. The van der Waals surface area contributed by atoms with Gasteiger partial charge in [0.1, 0.15) is 24.0 Å². The highest BCUT2D eigenvalue weighted by Crippen LogP contribution is 2.31. The molecular weight excluding hydrogens is 414 g/mol. The minimum Gasteiger partial charge on any atom is -0.394 e. The molecule has 1 fully saturated rings. The zero-order chi connectivity index (χ0) is 20.3. The van der Waals surface area contributed by atoms with Crippen molar-refractivity contribution in [2.24, 2.45) is 0 Å². The van der Waals surface area contributed by atoms with Crippen LogP contribution in [0.15, 0.2) is 15.9 Å². The van der Waals surface area contributed by atoms with Gasteiger partial charge in [0.25, 0.3) is 5.56 Å². The number of imidazole rings is 1. The molecule has 7 N–H and O–H groups in total. The molecule has 3 rings (SSSR count). The SMILES string of the molecule is O=[PH](O)O[PH](=O)O.O=c1[nH]c(=O)c2ncn([C@@H]3O[C@H](CO)[C@@H](O)[C@H]3O)c2[nH]1. The van der Waals surface area contributed by atoms with Crippen LogP contribution in [0.3, 0.4) is 0 Å². The molecule has 2 aromatic heterocycles. The normalized spacial score (nSPS) is 27.1. The fourth-order valence-corrected chi connectivity index (χ4v) is 2.93. The van der Waals surface area contributed by atoms with Crippen LogP contribution in [0.1, 0.15) is 6.23 Å². The van der Waals surface area contributed by atoms with Crippen molar-refractivity contribution < 1.29 is 43.3 Å². The summed E-state index contributed by atoms with van der Waals surface area (Å²) in [4.78, 5) is 46.5. The Hall–Kier alpha value is -1.67. The van der Waals surface area contributed by atoms with Crippen LogP contribution >= 0.6 is 16.5 Å². The zero-order valence-electron chi connectivity index (χ0n) is 13.2. The molecular formula is C10H16N4O11P2. The Morgan fingerprint density at radius 3 is 2.30 bits per heavy atom. The average molecular weight is 430 g/mol. The van der Waals surface area contributed by atoms with Gasteiger partial charge < -0.3 is 29.8 Å². The Bertz CT molecular complexity index is 943. The predicted molar refractivity (Wildman–Crippen MR) is 87.5 cm³/mol. The first-order valence-corrected chi connectivity index (χ1v) is 9.63. The van der Waals surface area contributed by atoms with Crippen molar-refractivity contribution >= 4 is 27.7 Å². The van der Waals surface area contributed by atoms with E-state index in [1.165, 1.54) is 10.9 Å². The maximum Gasteiger partial charge on any atom is 0.327 e. The van der Waals surface area contributed by atoms with Crippen LogP contribution in [0.2, 0.25) is 0 Å². The monoisotopic (exact) mass is 430 g/mol. The highest BCUT2D eigenvalue weighted by molar-refractivity contribution is 7.46. The Kier molecular flexibility index (Phi) is 7.22. The largest absolute Gasteiger partial charge is 0.394 e. The molecule has 0 bridgehead atoms. The molecule has 0 aromatic carbocycles. The number of H-pyrrole nitrogens is 2. The number of nitrogens with one attached hydrogen (secondary N) is 2. The predicted octanol–water partition coefficient (Wildman–Crippen LogP) is -3.21. The number of aliphatic hydroxyl groups excluding tert-OH is 3. The molecule has 15 nitrogen and oxygen atoms in total. The second kappa shape index (κ2) is 9.01. The van der Waals surface area contributed by atoms with E-state index in [9.17, 15) is 28.9 Å². The Morgan fingerprint density at radius 2 is 1.81 bits per heavy atom. The number of nitrogens with zero attached hydrogens (tertiary/aromatic N) is 2. The van der Waals surface area contributed by atoms with Crippen LogP contribution in [0.5, 0.6) is 0 Å². The van der Waals surface area contributed by atoms with E-state index in [1.54, 1.807) is 0 Å². The molecule has 1 aliphatic rings. The van der Waals surface area contributed by atoms with Gasteiger partial charge in [0, 0.05) is 0 Å². The first-order valence-electron chi connectivity index (χ1n) is 7.11. The third-order valence-corrected chi connectivity index (χ3v) is 4.83. The van der Waals surface area contributed by atoms with Gasteiger partial charge in [0.05, 0.1) is 12.9 Å². The standard InChI is InChI=1S/C10H12N4O6.H4O5P2/c15-1-3-5(16)6(17)9(20-3)14-2-11-4-7(14)12-10(19)13-8(4)18;1-6(2)5-7(3)4/h2-3,5-6,9,15-17H,1H2,(H2,12,13,18,19);6-7H,(H,1,2)(H,3,4)/t3-,5-,6-,9-;/m1./s1. The van der Waals surface area contributed by atoms with Gasteiger partial charge >= 0.3 is 22.2 Å². The van der Waals surface area contributed by atoms with E-state index in [-0.39, 0.29) is 11.2 Å². The van der Waals surface area contributed by atoms with Gasteiger partial charge in [-0.3, -0.25) is 28.5 Å². The van der Waals surface area contributed by atoms with Crippen molar-refractivity contribution in [1.29, 1.82) is 0 Å². The molecule has 0 radical (unpaired) electrons. The lowest BCUT2D eigenvalue weighted by molar-refractivity contribution is -0.0511. The summed E-state index contributed by atoms with van der Waals surface area (Å²) >= 11 is 0. The fourth-order valence-electron chi connectivity index (χ4n) is 2.33. The molecule has 6 atom stereocenters. The van der Waals surface area contributed by atoms with Gasteiger partial charge in [0.15, 0.2) is 11.7 Å². The van der Waals surface area contributed by atoms with Gasteiger partial charge in [-0.25, -0.2) is 14.1 Å². The molecule has 27 heavy (non-hydrogen) atoms. The van der Waals surface area contributed by atoms with Gasteiger partial charge in [-0.1, -0.05) is 0 Å². The summed E-state index contributed by atoms with van der Waals surface area (Å²) in [6, 6.07) is 0. The van der Waals surface area contributed by atoms with Crippen molar-refractivity contribution in [3.63, 3.8) is 0 Å². The second-order valence-corrected chi connectivity index (χ2v) is 7.00. The molecule has 1 aliphatic heterocycles. The highest BCUT2D eigenvalue weighted by Gasteiger charge is 2.43. The Balaban J connectivity index is 0.000000321. The minimum absolute atomic E-state index is 0.0256. The number of fused-ring (bicyclic) bond motifs is 1. The lowest BCUT2D eigenvalue weighted by Crippen LogP contribution is -2.33. The number of aliphatic hydroxyl groups is 3. The first kappa shape index (κ1) is 21.6. The van der Waals surface area contributed by atoms with Gasteiger partial charge in [0.2, 0.25) is 0 Å². The molecule has 2 unspecified atom stereocenters. The molecule has 0 aliphatic carbocycles. The molecule has 0 saturated carbocycles. The Morgan fingerprint density at radius 1 is 1.19 bits per heavy atom. The molecule has 3 heterocycles. The third-order valence-electron chi connectivity index (χ3n) is 3.43. The molecule has 2 aromatic rings. The van der Waals surface area contributed by atoms with Gasteiger partial charge in [-0.05, 0) is 0 Å². The molecule has 1 saturated heterocycles. The van der Waals surface area contributed by atoms with E-state index >= 15 is 0 Å². The maximum atomic E-state index is 11.6. The minimum atomic E-state index is -3.20. The van der Waals surface area contributed by atoms with E-state index in [0.29, 0.717) is 0 Å². The maximum absolute atomic E-state index is 11.6. The number of aromatic amines is 2. The van der Waals surface area contributed by atoms with Crippen LogP contribution < -0.4 is 11.2 Å². The second-order valence-electron chi connectivity index (χ2n) is 5.12. The summed E-state index contributed by atoms with van der Waals surface area (Å²) in [7, 11) is -6.40. The van der Waals surface area contributed by atoms with Crippen LogP contribution in [-0.2, 0) is 18.2 Å². The van der Waals surface area contributed by atoms with Crippen LogP contribution in [0, 0.1) is 0 Å². The molecule has 0 amide bonds. The smallest absolute Gasteiger partial charge is 0.327 e. The lowest BCUT2D eigenvalue weighted by atomic mass is 10.1. The summed E-state index contributed by atoms with van der Waals surface area (Å²) < 4.78 is 28.9. The number of aromatic nitrogens is 4. The van der Waals surface area contributed by atoms with E-state index in [1.807, 2.05) is 4.98 Å². The van der Waals surface area contributed by atoms with Gasteiger partial charge in [-0.2, -0.15) is 0 Å². The summed E-state index contributed by atoms with van der Waals surface area (Å²) in [5.74, 6) is 0. The van der Waals surface area contributed by atoms with E-state index in [4.69, 9.17) is 19.6 Å². The van der Waals surface area contributed by atoms with Crippen molar-refractivity contribution in [3.05, 3.63) is 27.2 Å². The number of hydrogen-bond donors (Lipinski definition) is 7. The van der Waals surface area contributed by atoms with Crippen LogP contribution in [0.25, 0.3) is 11.2 Å². The highest BCUT2D eigenvalue weighted by atomic mass is 31.2. The average Bonchev–Trinajstić information content (AvgIpc) is 3.09. The molecule has 0 spiro atoms.